The molecule has 31 heteroatoms. The van der Waals surface area contributed by atoms with Crippen molar-refractivity contribution in [2.24, 2.45) is 34.0 Å². The lowest BCUT2D eigenvalue weighted by atomic mass is 9.85. The first kappa shape index (κ1) is 73.5. The summed E-state index contributed by atoms with van der Waals surface area (Å²) in [7, 11) is 1.50. The highest BCUT2D eigenvalue weighted by Crippen LogP contribution is 2.43. The minimum atomic E-state index is -1.82. The van der Waals surface area contributed by atoms with Gasteiger partial charge in [0.25, 0.3) is 0 Å². The minimum Gasteiger partial charge on any atom is -0.497 e. The summed E-state index contributed by atoms with van der Waals surface area (Å²) in [5.41, 5.74) is 32.8. The second kappa shape index (κ2) is 36.5. The van der Waals surface area contributed by atoms with E-state index in [9.17, 15) is 57.8 Å². The molecule has 1 heterocycles. The highest BCUT2D eigenvalue weighted by atomic mass is 127. The van der Waals surface area contributed by atoms with Crippen LogP contribution in [0.2, 0.25) is 0 Å². The van der Waals surface area contributed by atoms with Gasteiger partial charge in [-0.2, -0.15) is 24.4 Å². The fourth-order valence-corrected chi connectivity index (χ4v) is 12.8. The van der Waals surface area contributed by atoms with Crippen molar-refractivity contribution in [2.75, 3.05) is 31.7 Å². The van der Waals surface area contributed by atoms with Gasteiger partial charge in [0.15, 0.2) is 0 Å². The van der Waals surface area contributed by atoms with Gasteiger partial charge in [-0.25, -0.2) is 0 Å². The largest absolute Gasteiger partial charge is 0.497 e. The van der Waals surface area contributed by atoms with Gasteiger partial charge in [0.2, 0.25) is 65.0 Å². The molecule has 0 radical (unpaired) electrons. The van der Waals surface area contributed by atoms with E-state index in [1.165, 1.54) is 30.7 Å². The van der Waals surface area contributed by atoms with Crippen molar-refractivity contribution in [1.29, 1.82) is 0 Å². The third-order valence-corrected chi connectivity index (χ3v) is 18.2. The monoisotopic (exact) mass is 1380 g/mol. The molecular weight excluding hydrogens is 1290 g/mol. The van der Waals surface area contributed by atoms with Crippen LogP contribution in [0.4, 0.5) is 5.69 Å². The summed E-state index contributed by atoms with van der Waals surface area (Å²) >= 11 is 7.77. The molecule has 0 unspecified atom stereocenters. The van der Waals surface area contributed by atoms with E-state index in [2.05, 4.69) is 59.9 Å². The third kappa shape index (κ3) is 22.9. The van der Waals surface area contributed by atoms with Crippen LogP contribution >= 0.6 is 47.0 Å². The maximum atomic E-state index is 14.5. The molecule has 11 amide bonds. The number of benzene rings is 2. The molecule has 0 aromatic heterocycles. The Morgan fingerprint density at radius 2 is 1.39 bits per heavy atom. The Morgan fingerprint density at radius 3 is 1.97 bits per heavy atom. The first-order valence-electron chi connectivity index (χ1n) is 29.2. The number of thiol groups is 1. The number of amides is 11. The molecule has 1 saturated carbocycles. The molecule has 4 rings (SSSR count). The van der Waals surface area contributed by atoms with Crippen molar-refractivity contribution in [3.63, 3.8) is 0 Å². The quantitative estimate of drug-likeness (QED) is 0.0146. The second-order valence-corrected chi connectivity index (χ2v) is 25.1. The number of nitrogens with zero attached hydrogens (tertiary/aromatic N) is 4. The van der Waals surface area contributed by atoms with Crippen molar-refractivity contribution < 1.29 is 62.6 Å². The van der Waals surface area contributed by atoms with Gasteiger partial charge in [0.05, 0.1) is 25.3 Å². The van der Waals surface area contributed by atoms with E-state index in [0.717, 1.165) is 19.3 Å². The van der Waals surface area contributed by atoms with E-state index in [-0.39, 0.29) is 63.8 Å². The number of likely N-dealkylation sites (tertiary alicyclic amines) is 1. The van der Waals surface area contributed by atoms with Crippen LogP contribution in [0.25, 0.3) is 10.4 Å². The Morgan fingerprint density at radius 1 is 0.784 bits per heavy atom. The van der Waals surface area contributed by atoms with E-state index < -0.39 is 137 Å². The van der Waals surface area contributed by atoms with E-state index >= 15 is 0 Å². The van der Waals surface area contributed by atoms with Gasteiger partial charge < -0.3 is 74.9 Å². The predicted octanol–water partition coefficient (Wildman–Crippen LogP) is 0.569. The summed E-state index contributed by atoms with van der Waals surface area (Å²) < 4.78 is 5.39. The smallest absolute Gasteiger partial charge is 0.246 e. The van der Waals surface area contributed by atoms with Crippen LogP contribution in [0, 0.1) is 9.49 Å². The van der Waals surface area contributed by atoms with Gasteiger partial charge in [0, 0.05) is 57.0 Å². The van der Waals surface area contributed by atoms with Gasteiger partial charge >= 0.3 is 0 Å². The molecule has 2 aromatic rings. The van der Waals surface area contributed by atoms with E-state index in [4.69, 9.17) is 33.2 Å². The molecule has 2 aromatic carbocycles. The molecular formula is C57H84IN15O13S2. The van der Waals surface area contributed by atoms with Crippen molar-refractivity contribution >= 4 is 118 Å². The molecule has 0 spiro atoms. The number of azide groups is 1. The Hall–Kier alpha value is -6.93. The molecule has 1 aliphatic heterocycles. The van der Waals surface area contributed by atoms with Crippen LogP contribution in [0.5, 0.6) is 5.75 Å². The predicted molar refractivity (Wildman–Crippen MR) is 340 cm³/mol. The van der Waals surface area contributed by atoms with Gasteiger partial charge in [0.1, 0.15) is 54.1 Å². The first-order chi connectivity index (χ1) is 41.8. The molecule has 16 N–H and O–H groups in total. The summed E-state index contributed by atoms with van der Waals surface area (Å²) in [6.07, 6.45) is 2.92. The number of carbonyl (C=O) groups is 11. The number of ether oxygens (including phenoxy) is 1. The number of hydrogen-bond acceptors (Lipinski definition) is 17. The fourth-order valence-electron chi connectivity index (χ4n) is 10.3. The summed E-state index contributed by atoms with van der Waals surface area (Å²) in [5, 5.41) is 32.8. The lowest BCUT2D eigenvalue weighted by molar-refractivity contribution is -0.142. The molecule has 1 saturated heterocycles. The lowest BCUT2D eigenvalue weighted by Crippen LogP contribution is -2.63. The second-order valence-electron chi connectivity index (χ2n) is 22.1. The van der Waals surface area contributed by atoms with Gasteiger partial charge in [-0.1, -0.05) is 68.9 Å². The summed E-state index contributed by atoms with van der Waals surface area (Å²) in [6.45, 7) is 4.77. The summed E-state index contributed by atoms with van der Waals surface area (Å²) in [4.78, 5) is 154. The van der Waals surface area contributed by atoms with Crippen LogP contribution < -0.4 is 64.9 Å². The number of aliphatic hydroxyl groups excluding tert-OH is 1. The summed E-state index contributed by atoms with van der Waals surface area (Å²) in [6, 6.07) is 0.349. The average molecular weight is 1380 g/mol. The van der Waals surface area contributed by atoms with Crippen molar-refractivity contribution in [1.82, 2.24) is 42.1 Å². The number of halogens is 1. The van der Waals surface area contributed by atoms with Gasteiger partial charge in [-0.3, -0.25) is 52.7 Å². The molecule has 10 atom stereocenters. The van der Waals surface area contributed by atoms with E-state index in [0.29, 0.717) is 57.6 Å². The van der Waals surface area contributed by atoms with Crippen molar-refractivity contribution in [3.05, 3.63) is 67.6 Å². The minimum absolute atomic E-state index is 0.00672. The Labute approximate surface area is 534 Å². The molecule has 2 aliphatic rings. The maximum absolute atomic E-state index is 14.5. The highest BCUT2D eigenvalue weighted by Gasteiger charge is 2.42. The number of rotatable bonds is 36. The maximum Gasteiger partial charge on any atom is 0.246 e. The van der Waals surface area contributed by atoms with Crippen LogP contribution in [0.15, 0.2) is 47.6 Å². The first-order valence-corrected chi connectivity index (χ1v) is 31.9. The normalized spacial score (nSPS) is 17.5. The molecule has 484 valence electrons. The summed E-state index contributed by atoms with van der Waals surface area (Å²) in [5.74, 6) is -9.01. The number of nitrogens with two attached hydrogens (primary N) is 4. The molecule has 0 bridgehead atoms. The standard InChI is InChI=1S/C57H84IN15O13S2/c1-5-31(2)47(69-52(81)40(26-33-13-16-35(86-4)17-14-33)64-46(77)29-57(20-7-6-8-21-57)88-24-19-44(60)75)54(83)70-48(32(3)74)55(84)67-41(28-45(61)76)51(80)68-42(30-87)56(85)73-23-10-12-43(73)53(82)65-38(11-9-22-59)50(79)66-39(49(62)78)27-34-15-18-37(71-72-63)36(58)25-34/h13-18,25,31-32,38-43,47-48,74,87H,5-12,19-24,26-30,59H2,1-4H3,(H2,60,75)(H2,61,76)(H2,62,78)(H,64,77)(H,65,82)(H,66,79)(H,67,84)(H,68,80)(H,69,81)(H,70,83)/t31-,32+,38-,39-,40-,41-,42-,43-,47-,48-/m0/s1. The average Bonchev–Trinajstić information content (AvgIpc) is 4.17. The highest BCUT2D eigenvalue weighted by molar-refractivity contribution is 14.1. The van der Waals surface area contributed by atoms with Crippen LogP contribution in [-0.4, -0.2) is 166 Å². The van der Waals surface area contributed by atoms with E-state index in [1.54, 1.807) is 56.3 Å². The van der Waals surface area contributed by atoms with Crippen molar-refractivity contribution in [2.45, 2.75) is 176 Å². The number of aliphatic hydroxyl groups is 1. The lowest BCUT2D eigenvalue weighted by Gasteiger charge is -2.37. The molecule has 88 heavy (non-hydrogen) atoms. The van der Waals surface area contributed by atoms with Gasteiger partial charge in [-0.05, 0) is 115 Å². The number of thioether (sulfide) groups is 1. The molecule has 28 nitrogen and oxygen atoms in total. The molecule has 1 aliphatic carbocycles. The van der Waals surface area contributed by atoms with Crippen LogP contribution in [-0.2, 0) is 65.6 Å². The SMILES string of the molecule is CC[C@H](C)[C@H](NC(=O)[C@H](Cc1ccc(OC)cc1)NC(=O)CC1(SCCC(N)=O)CCCCC1)C(=O)N[C@H](C(=O)N[C@@H](CC(N)=O)C(=O)N[C@@H](CS)C(=O)N1CCC[C@H]1C(=O)N[C@@H](CCCN)C(=O)N[C@@H](Cc1ccc(N=[N+]=[N-])c(I)c1)C(N)=O)[C@@H](C)O. The number of nitrogens with one attached hydrogen (secondary N) is 7. The number of primary amides is 3. The fraction of sp³-hybridized carbons (Fsp3) is 0.596. The number of carbonyl (C=O) groups excluding carboxylic acids is 11. The van der Waals surface area contributed by atoms with Crippen LogP contribution in [0.3, 0.4) is 0 Å². The van der Waals surface area contributed by atoms with Crippen LogP contribution in [0.1, 0.15) is 115 Å². The Bertz CT molecular complexity index is 2840. The zero-order chi connectivity index (χ0) is 65.3. The Balaban J connectivity index is 1.49. The molecule has 2 fully saturated rings. The van der Waals surface area contributed by atoms with Gasteiger partial charge in [-0.15, -0.1) is 0 Å². The van der Waals surface area contributed by atoms with Crippen molar-refractivity contribution in [3.8, 4) is 5.75 Å². The number of methoxy groups -OCH3 is 1. The Kier molecular flexibility index (Phi) is 30.5. The zero-order valence-corrected chi connectivity index (χ0v) is 53.8. The third-order valence-electron chi connectivity index (χ3n) is 15.4. The van der Waals surface area contributed by atoms with E-state index in [1.807, 2.05) is 22.6 Å². The topological polar surface area (TPSA) is 458 Å². The zero-order valence-electron chi connectivity index (χ0n) is 49.9. The number of hydrogen-bond donors (Lipinski definition) is 13.